The van der Waals surface area contributed by atoms with E-state index in [2.05, 4.69) is 146 Å². The molecule has 5 heteroatoms. The standard InChI is InChI=1S/C53H31N3OS/c1-3-12-34(13-4-1)52-41-28-29-48-51(40-17-8-10-21-47(40)58-48)50(41)38-27-26-36(30-43(38)54-52)32-22-24-33(25-23-32)42-31-44(56-53(55-42)35-14-5-2-6-15-35)37-18-11-20-46-49(37)39-16-7-9-19-45(39)57-46/h1-31H. The molecule has 0 radical (unpaired) electrons. The Morgan fingerprint density at radius 2 is 1.03 bits per heavy atom. The van der Waals surface area contributed by atoms with Crippen LogP contribution in [0.3, 0.4) is 0 Å². The molecule has 4 aromatic heterocycles. The van der Waals surface area contributed by atoms with Crippen LogP contribution in [-0.2, 0) is 0 Å². The Morgan fingerprint density at radius 1 is 0.362 bits per heavy atom. The highest BCUT2D eigenvalue weighted by atomic mass is 32.1. The Bertz CT molecular complexity index is 3550. The summed E-state index contributed by atoms with van der Waals surface area (Å²) in [5.74, 6) is 0.677. The Labute approximate surface area is 337 Å². The van der Waals surface area contributed by atoms with Gasteiger partial charge in [-0.05, 0) is 47.5 Å². The van der Waals surface area contributed by atoms with Crippen LogP contribution in [0.1, 0.15) is 0 Å². The summed E-state index contributed by atoms with van der Waals surface area (Å²) in [7, 11) is 0. The number of rotatable bonds is 5. The Kier molecular flexibility index (Phi) is 7.37. The van der Waals surface area contributed by atoms with Crippen LogP contribution in [0.4, 0.5) is 0 Å². The summed E-state index contributed by atoms with van der Waals surface area (Å²) in [6.07, 6.45) is 0. The molecule has 0 fully saturated rings. The molecule has 0 spiro atoms. The van der Waals surface area contributed by atoms with E-state index in [4.69, 9.17) is 19.4 Å². The Balaban J connectivity index is 1.00. The molecule has 0 bridgehead atoms. The van der Waals surface area contributed by atoms with Crippen LogP contribution < -0.4 is 0 Å². The molecule has 12 aromatic rings. The van der Waals surface area contributed by atoms with Gasteiger partial charge in [0.25, 0.3) is 0 Å². The molecule has 0 aliphatic rings. The number of thiophene rings is 1. The van der Waals surface area contributed by atoms with Crippen molar-refractivity contribution in [3.05, 3.63) is 188 Å². The van der Waals surface area contributed by atoms with Gasteiger partial charge in [-0.1, -0.05) is 152 Å². The Morgan fingerprint density at radius 3 is 1.88 bits per heavy atom. The second-order valence-electron chi connectivity index (χ2n) is 14.7. The number of pyridine rings is 1. The fraction of sp³-hybridized carbons (Fsp3) is 0. The highest BCUT2D eigenvalue weighted by Crippen LogP contribution is 2.44. The van der Waals surface area contributed by atoms with Crippen LogP contribution in [0.15, 0.2) is 192 Å². The van der Waals surface area contributed by atoms with Gasteiger partial charge in [-0.2, -0.15) is 0 Å². The molecule has 0 saturated carbocycles. The normalized spacial score (nSPS) is 11.8. The predicted molar refractivity (Wildman–Crippen MR) is 242 cm³/mol. The van der Waals surface area contributed by atoms with Crippen LogP contribution in [0.2, 0.25) is 0 Å². The number of fused-ring (bicyclic) bond motifs is 10. The van der Waals surface area contributed by atoms with Crippen molar-refractivity contribution in [3.8, 4) is 56.3 Å². The first kappa shape index (κ1) is 32.7. The smallest absolute Gasteiger partial charge is 0.160 e. The van der Waals surface area contributed by atoms with Gasteiger partial charge in [0.15, 0.2) is 5.82 Å². The second kappa shape index (κ2) is 13.1. The van der Waals surface area contributed by atoms with Crippen molar-refractivity contribution in [2.24, 2.45) is 0 Å². The van der Waals surface area contributed by atoms with Gasteiger partial charge in [0.1, 0.15) is 11.2 Å². The van der Waals surface area contributed by atoms with Crippen molar-refractivity contribution < 1.29 is 4.42 Å². The van der Waals surface area contributed by atoms with E-state index in [1.54, 1.807) is 0 Å². The number of para-hydroxylation sites is 1. The maximum atomic E-state index is 6.26. The number of furan rings is 1. The SMILES string of the molecule is c1ccc(-c2nc(-c3ccc(-c4ccc5c(c4)nc(-c4ccccc4)c4ccc6sc7ccccc7c6c45)cc3)cc(-c3cccc4oc5ccccc5c34)n2)cc1. The minimum atomic E-state index is 0.677. The molecule has 0 amide bonds. The summed E-state index contributed by atoms with van der Waals surface area (Å²) in [6, 6.07) is 65.9. The van der Waals surface area contributed by atoms with Crippen LogP contribution in [-0.4, -0.2) is 15.0 Å². The number of aromatic nitrogens is 3. The van der Waals surface area contributed by atoms with E-state index in [9.17, 15) is 0 Å². The summed E-state index contributed by atoms with van der Waals surface area (Å²) in [5, 5.41) is 8.30. The van der Waals surface area contributed by atoms with Gasteiger partial charge in [0.2, 0.25) is 0 Å². The third-order valence-electron chi connectivity index (χ3n) is 11.3. The largest absolute Gasteiger partial charge is 0.456 e. The lowest BCUT2D eigenvalue weighted by Crippen LogP contribution is -1.96. The molecule has 0 atom stereocenters. The number of nitrogens with zero attached hydrogens (tertiary/aromatic N) is 3. The van der Waals surface area contributed by atoms with Gasteiger partial charge in [0, 0.05) is 69.4 Å². The number of hydrogen-bond acceptors (Lipinski definition) is 5. The van der Waals surface area contributed by atoms with Gasteiger partial charge in [0.05, 0.1) is 22.6 Å². The zero-order valence-electron chi connectivity index (χ0n) is 31.1. The molecule has 8 aromatic carbocycles. The molecule has 0 aliphatic carbocycles. The zero-order chi connectivity index (χ0) is 38.2. The van der Waals surface area contributed by atoms with Crippen molar-refractivity contribution in [2.75, 3.05) is 0 Å². The summed E-state index contributed by atoms with van der Waals surface area (Å²) in [5.41, 5.74) is 11.7. The molecular formula is C53H31N3OS. The van der Waals surface area contributed by atoms with E-state index in [1.165, 1.54) is 30.9 Å². The average Bonchev–Trinajstić information content (AvgIpc) is 3.88. The van der Waals surface area contributed by atoms with Crippen molar-refractivity contribution >= 4 is 75.1 Å². The first-order valence-corrected chi connectivity index (χ1v) is 20.2. The van der Waals surface area contributed by atoms with Gasteiger partial charge in [-0.15, -0.1) is 11.3 Å². The third kappa shape index (κ3) is 5.25. The van der Waals surface area contributed by atoms with Crippen LogP contribution in [0.25, 0.3) is 120 Å². The predicted octanol–water partition coefficient (Wildman–Crippen LogP) is 14.8. The number of hydrogen-bond donors (Lipinski definition) is 0. The molecule has 4 heterocycles. The van der Waals surface area contributed by atoms with E-state index in [-0.39, 0.29) is 0 Å². The van der Waals surface area contributed by atoms with E-state index in [0.29, 0.717) is 5.82 Å². The first-order valence-electron chi connectivity index (χ1n) is 19.4. The minimum absolute atomic E-state index is 0.677. The summed E-state index contributed by atoms with van der Waals surface area (Å²) >= 11 is 1.85. The van der Waals surface area contributed by atoms with E-state index in [1.807, 2.05) is 53.8 Å². The van der Waals surface area contributed by atoms with E-state index in [0.717, 1.165) is 83.3 Å². The summed E-state index contributed by atoms with van der Waals surface area (Å²) in [4.78, 5) is 15.7. The molecule has 0 unspecified atom stereocenters. The maximum Gasteiger partial charge on any atom is 0.160 e. The molecule has 0 N–H and O–H groups in total. The molecule has 270 valence electrons. The molecule has 12 rings (SSSR count). The second-order valence-corrected chi connectivity index (χ2v) is 15.8. The molecule has 0 saturated heterocycles. The number of benzene rings is 8. The third-order valence-corrected chi connectivity index (χ3v) is 12.4. The maximum absolute atomic E-state index is 6.26. The lowest BCUT2D eigenvalue weighted by Gasteiger charge is -2.13. The summed E-state index contributed by atoms with van der Waals surface area (Å²) in [6.45, 7) is 0. The van der Waals surface area contributed by atoms with Crippen LogP contribution in [0.5, 0.6) is 0 Å². The topological polar surface area (TPSA) is 51.8 Å². The van der Waals surface area contributed by atoms with E-state index < -0.39 is 0 Å². The average molecular weight is 758 g/mol. The summed E-state index contributed by atoms with van der Waals surface area (Å²) < 4.78 is 8.85. The minimum Gasteiger partial charge on any atom is -0.456 e. The highest BCUT2D eigenvalue weighted by molar-refractivity contribution is 7.26. The monoisotopic (exact) mass is 757 g/mol. The fourth-order valence-electron chi connectivity index (χ4n) is 8.58. The molecule has 0 aliphatic heterocycles. The lowest BCUT2D eigenvalue weighted by atomic mass is 9.94. The zero-order valence-corrected chi connectivity index (χ0v) is 31.9. The van der Waals surface area contributed by atoms with Gasteiger partial charge < -0.3 is 4.42 Å². The van der Waals surface area contributed by atoms with Crippen molar-refractivity contribution in [3.63, 3.8) is 0 Å². The fourth-order valence-corrected chi connectivity index (χ4v) is 9.69. The lowest BCUT2D eigenvalue weighted by molar-refractivity contribution is 0.669. The van der Waals surface area contributed by atoms with Gasteiger partial charge in [-0.25, -0.2) is 15.0 Å². The van der Waals surface area contributed by atoms with Crippen LogP contribution in [0, 0.1) is 0 Å². The quantitative estimate of drug-likeness (QED) is 0.164. The molecule has 58 heavy (non-hydrogen) atoms. The van der Waals surface area contributed by atoms with Crippen LogP contribution >= 0.6 is 11.3 Å². The molecule has 4 nitrogen and oxygen atoms in total. The van der Waals surface area contributed by atoms with Crippen molar-refractivity contribution in [2.45, 2.75) is 0 Å². The Hall–Kier alpha value is -7.47. The molecular weight excluding hydrogens is 727 g/mol. The van der Waals surface area contributed by atoms with Crippen molar-refractivity contribution in [1.82, 2.24) is 15.0 Å². The first-order chi connectivity index (χ1) is 28.7. The van der Waals surface area contributed by atoms with E-state index >= 15 is 0 Å². The van der Waals surface area contributed by atoms with Gasteiger partial charge in [-0.3, -0.25) is 0 Å². The van der Waals surface area contributed by atoms with Crippen molar-refractivity contribution in [1.29, 1.82) is 0 Å². The highest BCUT2D eigenvalue weighted by Gasteiger charge is 2.19. The van der Waals surface area contributed by atoms with Gasteiger partial charge >= 0.3 is 0 Å².